The Morgan fingerprint density at radius 3 is 2.65 bits per heavy atom. The van der Waals surface area contributed by atoms with Gasteiger partial charge in [-0.05, 0) is 36.6 Å². The third-order valence-electron chi connectivity index (χ3n) is 3.06. The van der Waals surface area contributed by atoms with Gasteiger partial charge in [0, 0.05) is 11.9 Å². The summed E-state index contributed by atoms with van der Waals surface area (Å²) in [7, 11) is 2.89. The molecule has 1 heterocycles. The zero-order valence-electron chi connectivity index (χ0n) is 11.6. The maximum absolute atomic E-state index is 12.4. The molecule has 2 rings (SSSR count). The summed E-state index contributed by atoms with van der Waals surface area (Å²) < 4.78 is 6.54. The van der Waals surface area contributed by atoms with Gasteiger partial charge in [-0.25, -0.2) is 5.48 Å². The number of ether oxygens (including phenoxy) is 1. The molecule has 0 bridgehead atoms. The highest BCUT2D eigenvalue weighted by atomic mass is 16.6. The number of carbonyl (C=O) groups excluding carboxylic acids is 1. The first-order valence-electron chi connectivity index (χ1n) is 6.17. The molecule has 0 aliphatic carbocycles. The van der Waals surface area contributed by atoms with E-state index in [0.29, 0.717) is 23.1 Å². The van der Waals surface area contributed by atoms with Crippen LogP contribution >= 0.6 is 0 Å². The molecule has 106 valence electrons. The van der Waals surface area contributed by atoms with Crippen LogP contribution in [0.15, 0.2) is 29.1 Å². The SMILES string of the molecule is CCn1c(C(=O)NOC)cc2cc(OC)ccc2c1=O. The van der Waals surface area contributed by atoms with Gasteiger partial charge in [-0.1, -0.05) is 0 Å². The predicted molar refractivity (Wildman–Crippen MR) is 74.9 cm³/mol. The van der Waals surface area contributed by atoms with Crippen LogP contribution in [0.25, 0.3) is 10.8 Å². The van der Waals surface area contributed by atoms with Gasteiger partial charge in [0.05, 0.1) is 14.2 Å². The van der Waals surface area contributed by atoms with Crippen LogP contribution < -0.4 is 15.8 Å². The van der Waals surface area contributed by atoms with E-state index in [1.165, 1.54) is 11.7 Å². The lowest BCUT2D eigenvalue weighted by Gasteiger charge is -2.12. The van der Waals surface area contributed by atoms with Gasteiger partial charge >= 0.3 is 0 Å². The minimum Gasteiger partial charge on any atom is -0.497 e. The van der Waals surface area contributed by atoms with E-state index in [-0.39, 0.29) is 11.3 Å². The lowest BCUT2D eigenvalue weighted by Crippen LogP contribution is -2.31. The summed E-state index contributed by atoms with van der Waals surface area (Å²) in [5.41, 5.74) is 2.26. The number of hydrogen-bond acceptors (Lipinski definition) is 4. The average molecular weight is 276 g/mol. The van der Waals surface area contributed by atoms with E-state index in [0.717, 1.165) is 0 Å². The predicted octanol–water partition coefficient (Wildman–Crippen LogP) is 1.32. The van der Waals surface area contributed by atoms with E-state index in [9.17, 15) is 9.59 Å². The van der Waals surface area contributed by atoms with Crippen LogP contribution in [0.1, 0.15) is 17.4 Å². The Bertz CT molecular complexity index is 706. The highest BCUT2D eigenvalue weighted by Gasteiger charge is 2.14. The lowest BCUT2D eigenvalue weighted by atomic mass is 10.1. The zero-order valence-corrected chi connectivity index (χ0v) is 11.6. The first-order valence-corrected chi connectivity index (χ1v) is 6.17. The van der Waals surface area contributed by atoms with Crippen molar-refractivity contribution in [2.45, 2.75) is 13.5 Å². The van der Waals surface area contributed by atoms with E-state index in [2.05, 4.69) is 10.3 Å². The second kappa shape index (κ2) is 5.75. The molecule has 6 nitrogen and oxygen atoms in total. The lowest BCUT2D eigenvalue weighted by molar-refractivity contribution is 0.0527. The van der Waals surface area contributed by atoms with Gasteiger partial charge < -0.3 is 9.30 Å². The highest BCUT2D eigenvalue weighted by molar-refractivity contribution is 5.96. The van der Waals surface area contributed by atoms with E-state index in [1.807, 2.05) is 0 Å². The van der Waals surface area contributed by atoms with Gasteiger partial charge in [-0.2, -0.15) is 0 Å². The summed E-state index contributed by atoms with van der Waals surface area (Å²) in [6.45, 7) is 2.20. The van der Waals surface area contributed by atoms with Crippen LogP contribution in [-0.2, 0) is 11.4 Å². The van der Waals surface area contributed by atoms with Crippen molar-refractivity contribution in [3.63, 3.8) is 0 Å². The number of nitrogens with one attached hydrogen (secondary N) is 1. The van der Waals surface area contributed by atoms with Crippen LogP contribution in [0.3, 0.4) is 0 Å². The van der Waals surface area contributed by atoms with Crippen molar-refractivity contribution in [3.05, 3.63) is 40.3 Å². The highest BCUT2D eigenvalue weighted by Crippen LogP contribution is 2.19. The molecular weight excluding hydrogens is 260 g/mol. The molecule has 0 spiro atoms. The van der Waals surface area contributed by atoms with Gasteiger partial charge in [0.15, 0.2) is 0 Å². The molecule has 0 unspecified atom stereocenters. The first kappa shape index (κ1) is 14.1. The second-order valence-corrected chi connectivity index (χ2v) is 4.17. The smallest absolute Gasteiger partial charge is 0.291 e. The number of methoxy groups -OCH3 is 1. The summed E-state index contributed by atoms with van der Waals surface area (Å²) in [5.74, 6) is 0.167. The molecule has 20 heavy (non-hydrogen) atoms. The van der Waals surface area contributed by atoms with E-state index < -0.39 is 5.91 Å². The minimum atomic E-state index is -0.462. The molecule has 0 fully saturated rings. The van der Waals surface area contributed by atoms with Gasteiger partial charge in [-0.15, -0.1) is 0 Å². The average Bonchev–Trinajstić information content (AvgIpc) is 2.46. The number of rotatable bonds is 4. The molecular formula is C14H16N2O4. The number of benzene rings is 1. The van der Waals surface area contributed by atoms with Crippen LogP contribution in [-0.4, -0.2) is 24.7 Å². The summed E-state index contributed by atoms with van der Waals surface area (Å²) >= 11 is 0. The molecule has 0 aliphatic heterocycles. The van der Waals surface area contributed by atoms with Crippen molar-refractivity contribution in [3.8, 4) is 5.75 Å². The fourth-order valence-electron chi connectivity index (χ4n) is 2.11. The summed E-state index contributed by atoms with van der Waals surface area (Å²) in [4.78, 5) is 29.0. The molecule has 1 aromatic heterocycles. The zero-order chi connectivity index (χ0) is 14.7. The summed E-state index contributed by atoms with van der Waals surface area (Å²) in [6.07, 6.45) is 0. The third-order valence-corrected chi connectivity index (χ3v) is 3.06. The van der Waals surface area contributed by atoms with Crippen molar-refractivity contribution in [1.82, 2.24) is 10.0 Å². The number of fused-ring (bicyclic) bond motifs is 1. The molecule has 0 saturated heterocycles. The van der Waals surface area contributed by atoms with E-state index >= 15 is 0 Å². The quantitative estimate of drug-likeness (QED) is 0.855. The Kier molecular flexibility index (Phi) is 4.05. The summed E-state index contributed by atoms with van der Waals surface area (Å²) in [6, 6.07) is 6.79. The Balaban J connectivity index is 2.73. The number of aromatic nitrogens is 1. The minimum absolute atomic E-state index is 0.214. The van der Waals surface area contributed by atoms with Gasteiger partial charge in [-0.3, -0.25) is 14.4 Å². The van der Waals surface area contributed by atoms with Crippen LogP contribution in [0.2, 0.25) is 0 Å². The number of amides is 1. The van der Waals surface area contributed by atoms with Crippen molar-refractivity contribution < 1.29 is 14.4 Å². The van der Waals surface area contributed by atoms with Crippen molar-refractivity contribution in [1.29, 1.82) is 0 Å². The van der Waals surface area contributed by atoms with Crippen LogP contribution in [0.4, 0.5) is 0 Å². The fourth-order valence-corrected chi connectivity index (χ4v) is 2.11. The first-order chi connectivity index (χ1) is 9.62. The Morgan fingerprint density at radius 1 is 1.30 bits per heavy atom. The maximum atomic E-state index is 12.4. The molecule has 0 atom stereocenters. The topological polar surface area (TPSA) is 69.6 Å². The largest absolute Gasteiger partial charge is 0.497 e. The van der Waals surface area contributed by atoms with Gasteiger partial charge in [0.25, 0.3) is 11.5 Å². The van der Waals surface area contributed by atoms with Crippen LogP contribution in [0.5, 0.6) is 5.75 Å². The normalized spacial score (nSPS) is 10.6. The van der Waals surface area contributed by atoms with Crippen molar-refractivity contribution >= 4 is 16.7 Å². The fraction of sp³-hybridized carbons (Fsp3) is 0.286. The molecule has 0 radical (unpaired) electrons. The number of hydrogen-bond donors (Lipinski definition) is 1. The third kappa shape index (κ3) is 2.37. The number of carbonyl (C=O) groups is 1. The number of hydroxylamine groups is 1. The van der Waals surface area contributed by atoms with Crippen molar-refractivity contribution in [2.24, 2.45) is 0 Å². The van der Waals surface area contributed by atoms with E-state index in [1.54, 1.807) is 38.3 Å². The standard InChI is InChI=1S/C14H16N2O4/c1-4-16-12(13(17)15-20-3)8-9-7-10(19-2)5-6-11(9)14(16)18/h5-8H,4H2,1-3H3,(H,15,17). The number of nitrogens with zero attached hydrogens (tertiary/aromatic N) is 1. The van der Waals surface area contributed by atoms with Gasteiger partial charge in [0.1, 0.15) is 11.4 Å². The molecule has 6 heteroatoms. The van der Waals surface area contributed by atoms with Gasteiger partial charge in [0.2, 0.25) is 0 Å². The monoisotopic (exact) mass is 276 g/mol. The molecule has 1 amide bonds. The Morgan fingerprint density at radius 2 is 2.05 bits per heavy atom. The number of pyridine rings is 1. The second-order valence-electron chi connectivity index (χ2n) is 4.17. The molecule has 1 aromatic carbocycles. The molecule has 0 aliphatic rings. The molecule has 2 aromatic rings. The maximum Gasteiger partial charge on any atom is 0.291 e. The van der Waals surface area contributed by atoms with E-state index in [4.69, 9.17) is 4.74 Å². The molecule has 0 saturated carbocycles. The Hall–Kier alpha value is -2.34. The Labute approximate surface area is 115 Å². The van der Waals surface area contributed by atoms with Crippen molar-refractivity contribution in [2.75, 3.05) is 14.2 Å². The molecule has 1 N–H and O–H groups in total. The summed E-state index contributed by atoms with van der Waals surface area (Å²) in [5, 5.41) is 1.20. The van der Waals surface area contributed by atoms with Crippen LogP contribution in [0, 0.1) is 0 Å².